The molecule has 1 saturated carbocycles. The number of alkyl halides is 2. The van der Waals surface area contributed by atoms with E-state index in [0.29, 0.717) is 18.4 Å². The van der Waals surface area contributed by atoms with Crippen molar-refractivity contribution < 1.29 is 41.7 Å². The quantitative estimate of drug-likeness (QED) is 0.208. The van der Waals surface area contributed by atoms with Crippen molar-refractivity contribution in [2.75, 3.05) is 13.7 Å². The van der Waals surface area contributed by atoms with Gasteiger partial charge in [0.05, 0.1) is 11.7 Å². The van der Waals surface area contributed by atoms with Gasteiger partial charge in [0.2, 0.25) is 0 Å². The molecule has 1 heterocycles. The van der Waals surface area contributed by atoms with Gasteiger partial charge in [-0.05, 0) is 42.9 Å². The number of carbonyl (C=O) groups is 1. The van der Waals surface area contributed by atoms with Crippen molar-refractivity contribution in [1.82, 2.24) is 5.32 Å². The van der Waals surface area contributed by atoms with E-state index in [2.05, 4.69) is 10.1 Å². The Labute approximate surface area is 244 Å². The van der Waals surface area contributed by atoms with Crippen LogP contribution in [0.4, 0.5) is 17.6 Å². The average Bonchev–Trinajstić information content (AvgIpc) is 3.31. The summed E-state index contributed by atoms with van der Waals surface area (Å²) >= 11 is 5.82. The smallest absolute Gasteiger partial charge is 0.387 e. The molecule has 0 bridgehead atoms. The van der Waals surface area contributed by atoms with E-state index in [-0.39, 0.29) is 35.6 Å². The Morgan fingerprint density at radius 3 is 2.43 bits per heavy atom. The number of nitrogens with two attached hydrogens (primary N) is 1. The number of halogens is 5. The predicted molar refractivity (Wildman–Crippen MR) is 147 cm³/mol. The number of aliphatic hydroxyl groups is 1. The van der Waals surface area contributed by atoms with Crippen LogP contribution in [0.2, 0.25) is 5.02 Å². The highest BCUT2D eigenvalue weighted by molar-refractivity contribution is 6.33. The third-order valence-electron chi connectivity index (χ3n) is 7.90. The summed E-state index contributed by atoms with van der Waals surface area (Å²) in [6.45, 7) is -3.30. The molecule has 1 amide bonds. The van der Waals surface area contributed by atoms with Crippen molar-refractivity contribution in [2.24, 2.45) is 5.73 Å². The second-order valence-corrected chi connectivity index (χ2v) is 10.7. The largest absolute Gasteiger partial charge is 0.478 e. The molecule has 3 aromatic carbocycles. The van der Waals surface area contributed by atoms with Crippen molar-refractivity contribution in [3.8, 4) is 22.6 Å². The molecular formula is C30H29ClF4N2O5. The number of benzene rings is 3. The van der Waals surface area contributed by atoms with E-state index in [1.165, 1.54) is 19.2 Å². The molecule has 4 N–H and O–H groups in total. The molecule has 0 radical (unpaired) electrons. The Hall–Kier alpha value is -3.38. The topological polar surface area (TPSA) is 103 Å². The maximum Gasteiger partial charge on any atom is 0.387 e. The molecule has 42 heavy (non-hydrogen) atoms. The minimum atomic E-state index is -3.53. The van der Waals surface area contributed by atoms with Crippen LogP contribution in [0.3, 0.4) is 0 Å². The number of primary amides is 1. The lowest BCUT2D eigenvalue weighted by atomic mass is 9.82. The highest BCUT2D eigenvalue weighted by Crippen LogP contribution is 2.55. The first-order valence-corrected chi connectivity index (χ1v) is 13.7. The first kappa shape index (κ1) is 30.1. The lowest BCUT2D eigenvalue weighted by molar-refractivity contribution is -0.0577. The number of ether oxygens (including phenoxy) is 3. The third-order valence-corrected chi connectivity index (χ3v) is 8.23. The van der Waals surface area contributed by atoms with Gasteiger partial charge in [-0.3, -0.25) is 4.79 Å². The van der Waals surface area contributed by atoms with Crippen LogP contribution in [-0.2, 0) is 10.3 Å². The molecule has 1 fully saturated rings. The van der Waals surface area contributed by atoms with Crippen molar-refractivity contribution in [2.45, 2.75) is 56.1 Å². The zero-order valence-corrected chi connectivity index (χ0v) is 23.3. The van der Waals surface area contributed by atoms with Crippen LogP contribution in [-0.4, -0.2) is 43.4 Å². The number of methoxy groups -OCH3 is 1. The predicted octanol–water partition coefficient (Wildman–Crippen LogP) is 5.85. The summed E-state index contributed by atoms with van der Waals surface area (Å²) in [5, 5.41) is 12.3. The second kappa shape index (κ2) is 12.1. The van der Waals surface area contributed by atoms with Crippen LogP contribution in [0.1, 0.15) is 53.3 Å². The Morgan fingerprint density at radius 2 is 1.81 bits per heavy atom. The number of hydrogen-bond donors (Lipinski definition) is 3. The van der Waals surface area contributed by atoms with Gasteiger partial charge >= 0.3 is 6.61 Å². The number of hydrogen-bond acceptors (Lipinski definition) is 6. The van der Waals surface area contributed by atoms with Gasteiger partial charge in [0.25, 0.3) is 5.91 Å². The standard InChI is InChI=1S/C30H29ClF4N2O5/c1-40-27-20-18(21-22(28(36)39)24(32)23(31)26(25(21)33)41-29(34)35)8-5-9-19(20)42-30(27,15-6-3-2-4-7-15)14-37-16-10-12-17(38)13-11-16/h2-9,16-17,27,29,37-38H,10-14H2,1H3,(H2,36,39)/t16?,17?,27-,30+/m0/s1. The molecule has 7 nitrogen and oxygen atoms in total. The number of amides is 1. The van der Waals surface area contributed by atoms with E-state index in [1.807, 2.05) is 30.3 Å². The number of rotatable bonds is 9. The second-order valence-electron chi connectivity index (χ2n) is 10.3. The molecule has 12 heteroatoms. The Balaban J connectivity index is 1.68. The van der Waals surface area contributed by atoms with Gasteiger partial charge in [0.1, 0.15) is 16.9 Å². The number of nitrogens with one attached hydrogen (secondary N) is 1. The van der Waals surface area contributed by atoms with Gasteiger partial charge in [-0.15, -0.1) is 0 Å². The monoisotopic (exact) mass is 608 g/mol. The molecule has 0 spiro atoms. The summed E-state index contributed by atoms with van der Waals surface area (Å²) in [6, 6.07) is 13.7. The molecule has 3 aromatic rings. The zero-order valence-electron chi connectivity index (χ0n) is 22.5. The highest BCUT2D eigenvalue weighted by Gasteiger charge is 2.52. The minimum absolute atomic E-state index is 0.0704. The number of aliphatic hydroxyl groups excluding tert-OH is 1. The molecule has 2 aliphatic rings. The van der Waals surface area contributed by atoms with Crippen LogP contribution >= 0.6 is 11.6 Å². The Kier molecular flexibility index (Phi) is 8.66. The summed E-state index contributed by atoms with van der Waals surface area (Å²) in [4.78, 5) is 12.4. The van der Waals surface area contributed by atoms with Crippen LogP contribution in [0.5, 0.6) is 11.5 Å². The summed E-state index contributed by atoms with van der Waals surface area (Å²) in [6.07, 6.45) is 1.48. The molecule has 0 aromatic heterocycles. The fourth-order valence-electron chi connectivity index (χ4n) is 5.97. The minimum Gasteiger partial charge on any atom is -0.478 e. The van der Waals surface area contributed by atoms with Gasteiger partial charge in [-0.25, -0.2) is 8.78 Å². The maximum atomic E-state index is 16.0. The van der Waals surface area contributed by atoms with Gasteiger partial charge < -0.3 is 30.4 Å². The normalized spacial score (nSPS) is 23.5. The van der Waals surface area contributed by atoms with Crippen LogP contribution in [0.25, 0.3) is 11.1 Å². The molecule has 0 unspecified atom stereocenters. The van der Waals surface area contributed by atoms with Crippen LogP contribution < -0.4 is 20.5 Å². The van der Waals surface area contributed by atoms with Gasteiger partial charge in [0, 0.05) is 30.8 Å². The SMILES string of the molecule is CO[C@H]1c2c(cccc2-c2c(F)c(OC(F)F)c(Cl)c(F)c2C(N)=O)O[C@]1(CNC1CCC(O)CC1)c1ccccc1. The molecular weight excluding hydrogens is 580 g/mol. The lowest BCUT2D eigenvalue weighted by Gasteiger charge is -2.37. The first-order valence-electron chi connectivity index (χ1n) is 13.4. The summed E-state index contributed by atoms with van der Waals surface area (Å²) in [7, 11) is 1.42. The average molecular weight is 609 g/mol. The van der Waals surface area contributed by atoms with E-state index < -0.39 is 57.8 Å². The van der Waals surface area contributed by atoms with Crippen molar-refractivity contribution >= 4 is 17.5 Å². The van der Waals surface area contributed by atoms with E-state index in [1.54, 1.807) is 6.07 Å². The molecule has 5 rings (SSSR count). The van der Waals surface area contributed by atoms with E-state index in [4.69, 9.17) is 26.8 Å². The summed E-state index contributed by atoms with van der Waals surface area (Å²) in [5.74, 6) is -5.38. The summed E-state index contributed by atoms with van der Waals surface area (Å²) < 4.78 is 74.5. The molecule has 1 aliphatic heterocycles. The molecule has 2 atom stereocenters. The Morgan fingerprint density at radius 1 is 1.12 bits per heavy atom. The fraction of sp³-hybridized carbons (Fsp3) is 0.367. The molecule has 224 valence electrons. The van der Waals surface area contributed by atoms with Crippen LogP contribution in [0, 0.1) is 11.6 Å². The Bertz CT molecular complexity index is 1470. The molecule has 0 saturated heterocycles. The van der Waals surface area contributed by atoms with Crippen molar-refractivity contribution in [3.63, 3.8) is 0 Å². The van der Waals surface area contributed by atoms with Gasteiger partial charge in [0.15, 0.2) is 23.0 Å². The van der Waals surface area contributed by atoms with Gasteiger partial charge in [-0.2, -0.15) is 8.78 Å². The fourth-order valence-corrected chi connectivity index (χ4v) is 6.19. The van der Waals surface area contributed by atoms with E-state index in [9.17, 15) is 18.7 Å². The number of carbonyl (C=O) groups excluding carboxylic acids is 1. The van der Waals surface area contributed by atoms with Crippen molar-refractivity contribution in [1.29, 1.82) is 0 Å². The van der Waals surface area contributed by atoms with E-state index in [0.717, 1.165) is 12.8 Å². The summed E-state index contributed by atoms with van der Waals surface area (Å²) in [5.41, 5.74) is 3.48. The number of fused-ring (bicyclic) bond motifs is 1. The van der Waals surface area contributed by atoms with E-state index >= 15 is 8.78 Å². The van der Waals surface area contributed by atoms with Gasteiger partial charge in [-0.1, -0.05) is 54.1 Å². The zero-order chi connectivity index (χ0) is 30.2. The molecule has 1 aliphatic carbocycles. The first-order chi connectivity index (χ1) is 20.1. The third kappa shape index (κ3) is 5.30. The van der Waals surface area contributed by atoms with Crippen molar-refractivity contribution in [3.05, 3.63) is 81.9 Å². The van der Waals surface area contributed by atoms with Crippen LogP contribution in [0.15, 0.2) is 48.5 Å². The lowest BCUT2D eigenvalue weighted by Crippen LogP contribution is -2.49. The highest BCUT2D eigenvalue weighted by atomic mass is 35.5. The maximum absolute atomic E-state index is 16.0.